The molecule has 6 heteroatoms. The molecule has 1 aromatic carbocycles. The lowest BCUT2D eigenvalue weighted by Gasteiger charge is -2.12. The molecule has 1 aromatic rings. The van der Waals surface area contributed by atoms with E-state index in [2.05, 4.69) is 10.6 Å². The van der Waals surface area contributed by atoms with E-state index in [-0.39, 0.29) is 17.7 Å². The average molecular weight is 247 g/mol. The fourth-order valence-electron chi connectivity index (χ4n) is 1.01. The summed E-state index contributed by atoms with van der Waals surface area (Å²) in [5, 5.41) is 13.6. The average Bonchev–Trinajstić information content (AvgIpc) is 2.23. The number of carbonyl (C=O) groups is 1. The molecule has 0 bridgehead atoms. The Morgan fingerprint density at radius 1 is 1.62 bits per heavy atom. The number of hydrogen-bond acceptors (Lipinski definition) is 2. The standard InChI is InChI=1S/C10H12ClFN2O2/c1-6(5-15)13-10(16)14-7-2-3-8(11)9(12)4-7/h2-4,6,15H,5H2,1H3,(H2,13,14,16)/t6-/m1/s1. The highest BCUT2D eigenvalue weighted by atomic mass is 35.5. The van der Waals surface area contributed by atoms with Crippen LogP contribution in [-0.4, -0.2) is 23.8 Å². The van der Waals surface area contributed by atoms with E-state index >= 15 is 0 Å². The Morgan fingerprint density at radius 2 is 2.31 bits per heavy atom. The minimum Gasteiger partial charge on any atom is -0.394 e. The third kappa shape index (κ3) is 3.67. The number of amides is 2. The summed E-state index contributed by atoms with van der Waals surface area (Å²) >= 11 is 5.49. The van der Waals surface area contributed by atoms with Gasteiger partial charge in [-0.2, -0.15) is 0 Å². The van der Waals surface area contributed by atoms with Gasteiger partial charge in [-0.25, -0.2) is 9.18 Å². The van der Waals surface area contributed by atoms with E-state index in [9.17, 15) is 9.18 Å². The molecule has 4 nitrogen and oxygen atoms in total. The maximum absolute atomic E-state index is 13.0. The van der Waals surface area contributed by atoms with Crippen LogP contribution < -0.4 is 10.6 Å². The van der Waals surface area contributed by atoms with Crippen molar-refractivity contribution < 1.29 is 14.3 Å². The molecule has 3 N–H and O–H groups in total. The molecule has 0 unspecified atom stereocenters. The highest BCUT2D eigenvalue weighted by Crippen LogP contribution is 2.18. The minimum atomic E-state index is -0.602. The third-order valence-electron chi connectivity index (χ3n) is 1.83. The molecule has 2 amide bonds. The lowest BCUT2D eigenvalue weighted by Crippen LogP contribution is -2.38. The molecule has 0 fully saturated rings. The number of aliphatic hydroxyl groups excluding tert-OH is 1. The number of hydrogen-bond donors (Lipinski definition) is 3. The topological polar surface area (TPSA) is 61.4 Å². The molecule has 0 saturated carbocycles. The summed E-state index contributed by atoms with van der Waals surface area (Å²) in [5.41, 5.74) is 0.296. The predicted octanol–water partition coefficient (Wildman–Crippen LogP) is 1.98. The Bertz CT molecular complexity index is 387. The van der Waals surface area contributed by atoms with Crippen molar-refractivity contribution in [2.75, 3.05) is 11.9 Å². The Balaban J connectivity index is 2.59. The Kier molecular flexibility index (Phi) is 4.52. The van der Waals surface area contributed by atoms with Gasteiger partial charge in [0.2, 0.25) is 0 Å². The van der Waals surface area contributed by atoms with Crippen LogP contribution in [0.1, 0.15) is 6.92 Å². The van der Waals surface area contributed by atoms with Crippen molar-refractivity contribution in [3.05, 3.63) is 29.0 Å². The van der Waals surface area contributed by atoms with Crippen LogP contribution in [0.2, 0.25) is 5.02 Å². The van der Waals surface area contributed by atoms with Crippen molar-refractivity contribution in [1.29, 1.82) is 0 Å². The molecule has 0 aliphatic heterocycles. The Morgan fingerprint density at radius 3 is 2.88 bits per heavy atom. The maximum Gasteiger partial charge on any atom is 0.319 e. The van der Waals surface area contributed by atoms with Crippen molar-refractivity contribution >= 4 is 23.3 Å². The summed E-state index contributed by atoms with van der Waals surface area (Å²) in [6.45, 7) is 1.48. The minimum absolute atomic E-state index is 0.00492. The zero-order chi connectivity index (χ0) is 12.1. The van der Waals surface area contributed by atoms with Crippen molar-refractivity contribution in [2.24, 2.45) is 0 Å². The summed E-state index contributed by atoms with van der Waals surface area (Å²) in [6.07, 6.45) is 0. The second-order valence-electron chi connectivity index (χ2n) is 3.31. The van der Waals surface area contributed by atoms with Gasteiger partial charge in [-0.1, -0.05) is 11.6 Å². The van der Waals surface area contributed by atoms with Gasteiger partial charge in [-0.05, 0) is 25.1 Å². The Hall–Kier alpha value is -1.33. The van der Waals surface area contributed by atoms with Gasteiger partial charge in [-0.3, -0.25) is 0 Å². The van der Waals surface area contributed by atoms with Crippen molar-refractivity contribution in [3.8, 4) is 0 Å². The van der Waals surface area contributed by atoms with Gasteiger partial charge in [0.1, 0.15) is 5.82 Å². The van der Waals surface area contributed by atoms with E-state index in [4.69, 9.17) is 16.7 Å². The summed E-state index contributed by atoms with van der Waals surface area (Å²) < 4.78 is 13.0. The SMILES string of the molecule is C[C@H](CO)NC(=O)Nc1ccc(Cl)c(F)c1. The molecule has 1 atom stereocenters. The summed E-state index contributed by atoms with van der Waals surface area (Å²) in [7, 11) is 0. The fraction of sp³-hybridized carbons (Fsp3) is 0.300. The summed E-state index contributed by atoms with van der Waals surface area (Å²) in [4.78, 5) is 11.3. The molecule has 0 aliphatic rings. The first-order chi connectivity index (χ1) is 7.52. The number of anilines is 1. The first-order valence-electron chi connectivity index (χ1n) is 4.66. The quantitative estimate of drug-likeness (QED) is 0.764. The van der Waals surface area contributed by atoms with E-state index < -0.39 is 11.8 Å². The molecule has 0 saturated heterocycles. The van der Waals surface area contributed by atoms with Crippen LogP contribution in [-0.2, 0) is 0 Å². The molecule has 0 radical (unpaired) electrons. The van der Waals surface area contributed by atoms with E-state index in [1.54, 1.807) is 6.92 Å². The van der Waals surface area contributed by atoms with Gasteiger partial charge in [-0.15, -0.1) is 0 Å². The van der Waals surface area contributed by atoms with Gasteiger partial charge in [0.05, 0.1) is 17.7 Å². The smallest absolute Gasteiger partial charge is 0.319 e. The predicted molar refractivity (Wildman–Crippen MR) is 60.1 cm³/mol. The molecular formula is C10H12ClFN2O2. The normalized spacial score (nSPS) is 12.0. The molecule has 1 rings (SSSR count). The van der Waals surface area contributed by atoms with Crippen LogP contribution >= 0.6 is 11.6 Å². The van der Waals surface area contributed by atoms with Gasteiger partial charge in [0, 0.05) is 5.69 Å². The second-order valence-corrected chi connectivity index (χ2v) is 3.72. The largest absolute Gasteiger partial charge is 0.394 e. The number of halogens is 2. The molecule has 0 spiro atoms. The zero-order valence-electron chi connectivity index (χ0n) is 8.63. The van der Waals surface area contributed by atoms with Crippen LogP contribution in [0, 0.1) is 5.82 Å². The lowest BCUT2D eigenvalue weighted by molar-refractivity contribution is 0.229. The molecule has 0 aromatic heterocycles. The van der Waals surface area contributed by atoms with Crippen LogP contribution in [0.25, 0.3) is 0 Å². The van der Waals surface area contributed by atoms with E-state index in [1.165, 1.54) is 12.1 Å². The molecule has 16 heavy (non-hydrogen) atoms. The van der Waals surface area contributed by atoms with E-state index in [1.807, 2.05) is 0 Å². The van der Waals surface area contributed by atoms with Crippen LogP contribution in [0.5, 0.6) is 0 Å². The van der Waals surface area contributed by atoms with Gasteiger partial charge < -0.3 is 15.7 Å². The highest BCUT2D eigenvalue weighted by Gasteiger charge is 2.07. The second kappa shape index (κ2) is 5.67. The summed E-state index contributed by atoms with van der Waals surface area (Å²) in [6, 6.07) is 3.07. The molecule has 0 heterocycles. The first kappa shape index (κ1) is 12.7. The third-order valence-corrected chi connectivity index (χ3v) is 2.14. The highest BCUT2D eigenvalue weighted by molar-refractivity contribution is 6.30. The van der Waals surface area contributed by atoms with E-state index in [0.29, 0.717) is 5.69 Å². The molecule has 0 aliphatic carbocycles. The first-order valence-corrected chi connectivity index (χ1v) is 5.04. The number of benzene rings is 1. The van der Waals surface area contributed by atoms with Crippen molar-refractivity contribution in [3.63, 3.8) is 0 Å². The molecule has 88 valence electrons. The van der Waals surface area contributed by atoms with Gasteiger partial charge >= 0.3 is 6.03 Å². The molecular weight excluding hydrogens is 235 g/mol. The number of urea groups is 1. The van der Waals surface area contributed by atoms with Crippen LogP contribution in [0.4, 0.5) is 14.9 Å². The number of nitrogens with one attached hydrogen (secondary N) is 2. The summed E-state index contributed by atoms with van der Waals surface area (Å²) in [5.74, 6) is -0.602. The van der Waals surface area contributed by atoms with Crippen molar-refractivity contribution in [1.82, 2.24) is 5.32 Å². The monoisotopic (exact) mass is 246 g/mol. The number of aliphatic hydroxyl groups is 1. The van der Waals surface area contributed by atoms with E-state index in [0.717, 1.165) is 6.07 Å². The Labute approximate surface area is 97.4 Å². The lowest BCUT2D eigenvalue weighted by atomic mass is 10.3. The fourth-order valence-corrected chi connectivity index (χ4v) is 1.13. The van der Waals surface area contributed by atoms with Crippen molar-refractivity contribution in [2.45, 2.75) is 13.0 Å². The van der Waals surface area contributed by atoms with Gasteiger partial charge in [0.15, 0.2) is 0 Å². The van der Waals surface area contributed by atoms with Crippen LogP contribution in [0.15, 0.2) is 18.2 Å². The maximum atomic E-state index is 13.0. The van der Waals surface area contributed by atoms with Gasteiger partial charge in [0.25, 0.3) is 0 Å². The van der Waals surface area contributed by atoms with Crippen LogP contribution in [0.3, 0.4) is 0 Å². The number of carbonyl (C=O) groups excluding carboxylic acids is 1. The zero-order valence-corrected chi connectivity index (χ0v) is 9.38. The number of rotatable bonds is 3.